The zero-order valence-electron chi connectivity index (χ0n) is 19.9. The molecule has 0 saturated carbocycles. The molecule has 4 rings (SSSR count). The van der Waals surface area contributed by atoms with Gasteiger partial charge in [0.15, 0.2) is 5.13 Å². The number of nitrogens with zero attached hydrogens (tertiary/aromatic N) is 4. The van der Waals surface area contributed by atoms with E-state index in [4.69, 9.17) is 14.2 Å². The minimum atomic E-state index is -0.216. The molecule has 1 aliphatic rings. The zero-order chi connectivity index (χ0) is 23.9. The quantitative estimate of drug-likeness (QED) is 0.438. The molecule has 0 bridgehead atoms. The summed E-state index contributed by atoms with van der Waals surface area (Å²) in [5.41, 5.74) is 3.20. The SMILES string of the molecule is CCOCCN(C)Cc1cc(C(=O)Nc2nc3c(OC)ccc(N4CCOCC4)c3s2)ccn1. The lowest BCUT2D eigenvalue weighted by Gasteiger charge is -2.29. The number of pyridine rings is 1. The van der Waals surface area contributed by atoms with Crippen LogP contribution < -0.4 is 15.0 Å². The van der Waals surface area contributed by atoms with Crippen molar-refractivity contribution in [3.05, 3.63) is 41.7 Å². The van der Waals surface area contributed by atoms with Crippen molar-refractivity contribution in [2.75, 3.05) is 70.4 Å². The van der Waals surface area contributed by atoms with Crippen LogP contribution in [0.3, 0.4) is 0 Å². The highest BCUT2D eigenvalue weighted by atomic mass is 32.1. The Balaban J connectivity index is 1.50. The fraction of sp³-hybridized carbons (Fsp3) is 0.458. The van der Waals surface area contributed by atoms with E-state index in [1.807, 2.05) is 32.2 Å². The van der Waals surface area contributed by atoms with Gasteiger partial charge in [-0.3, -0.25) is 20.0 Å². The van der Waals surface area contributed by atoms with Gasteiger partial charge in [-0.25, -0.2) is 4.98 Å². The molecule has 0 spiro atoms. The number of likely N-dealkylation sites (N-methyl/N-ethyl adjacent to an activating group) is 1. The van der Waals surface area contributed by atoms with Gasteiger partial charge in [0.25, 0.3) is 5.91 Å². The molecule has 0 unspecified atom stereocenters. The summed E-state index contributed by atoms with van der Waals surface area (Å²) in [7, 11) is 3.64. The average molecular weight is 486 g/mol. The molecule has 34 heavy (non-hydrogen) atoms. The van der Waals surface area contributed by atoms with Crippen molar-refractivity contribution in [1.29, 1.82) is 0 Å². The Labute approximate surface area is 203 Å². The van der Waals surface area contributed by atoms with E-state index in [1.54, 1.807) is 19.4 Å². The summed E-state index contributed by atoms with van der Waals surface area (Å²) in [6, 6.07) is 7.51. The number of carbonyl (C=O) groups excluding carboxylic acids is 1. The van der Waals surface area contributed by atoms with E-state index >= 15 is 0 Å². The van der Waals surface area contributed by atoms with Crippen LogP contribution in [0, 0.1) is 0 Å². The highest BCUT2D eigenvalue weighted by Crippen LogP contribution is 2.39. The highest BCUT2D eigenvalue weighted by molar-refractivity contribution is 7.23. The first kappa shape index (κ1) is 24.3. The van der Waals surface area contributed by atoms with E-state index in [2.05, 4.69) is 25.1 Å². The van der Waals surface area contributed by atoms with Crippen molar-refractivity contribution in [3.63, 3.8) is 0 Å². The Morgan fingerprint density at radius 3 is 2.88 bits per heavy atom. The molecule has 1 fully saturated rings. The predicted molar refractivity (Wildman–Crippen MR) is 134 cm³/mol. The van der Waals surface area contributed by atoms with E-state index in [0.717, 1.165) is 41.2 Å². The van der Waals surface area contributed by atoms with Crippen LogP contribution in [-0.4, -0.2) is 81.0 Å². The van der Waals surface area contributed by atoms with Crippen LogP contribution in [0.1, 0.15) is 23.0 Å². The molecule has 10 heteroatoms. The summed E-state index contributed by atoms with van der Waals surface area (Å²) < 4.78 is 17.4. The Morgan fingerprint density at radius 2 is 2.12 bits per heavy atom. The molecule has 0 radical (unpaired) electrons. The van der Waals surface area contributed by atoms with Crippen LogP contribution in [-0.2, 0) is 16.0 Å². The van der Waals surface area contributed by atoms with Crippen molar-refractivity contribution in [3.8, 4) is 5.75 Å². The first-order valence-corrected chi connectivity index (χ1v) is 12.2. The Morgan fingerprint density at radius 1 is 1.29 bits per heavy atom. The number of benzene rings is 1. The molecule has 0 aliphatic carbocycles. The van der Waals surface area contributed by atoms with Crippen molar-refractivity contribution >= 4 is 38.3 Å². The Hall–Kier alpha value is -2.79. The zero-order valence-corrected chi connectivity index (χ0v) is 20.7. The minimum absolute atomic E-state index is 0.216. The van der Waals surface area contributed by atoms with Crippen LogP contribution in [0.2, 0.25) is 0 Å². The number of rotatable bonds is 10. The second kappa shape index (κ2) is 11.6. The van der Waals surface area contributed by atoms with Crippen molar-refractivity contribution in [2.24, 2.45) is 0 Å². The molecule has 9 nitrogen and oxygen atoms in total. The Bertz CT molecular complexity index is 1120. The van der Waals surface area contributed by atoms with Gasteiger partial charge in [0.05, 0.1) is 43.0 Å². The number of carbonyl (C=O) groups is 1. The second-order valence-electron chi connectivity index (χ2n) is 8.01. The molecule has 3 heterocycles. The maximum Gasteiger partial charge on any atom is 0.257 e. The number of hydrogen-bond acceptors (Lipinski definition) is 9. The van der Waals surface area contributed by atoms with E-state index in [9.17, 15) is 4.79 Å². The summed E-state index contributed by atoms with van der Waals surface area (Å²) in [4.78, 5) is 26.5. The summed E-state index contributed by atoms with van der Waals surface area (Å²) in [6.07, 6.45) is 1.67. The van der Waals surface area contributed by atoms with Gasteiger partial charge in [-0.15, -0.1) is 0 Å². The molecule has 3 aromatic rings. The normalized spacial score (nSPS) is 14.1. The van der Waals surface area contributed by atoms with Crippen LogP contribution in [0.15, 0.2) is 30.5 Å². The molecular formula is C24H31N5O4S. The molecule has 1 amide bonds. The second-order valence-corrected chi connectivity index (χ2v) is 9.01. The fourth-order valence-electron chi connectivity index (χ4n) is 3.84. The van der Waals surface area contributed by atoms with Crippen molar-refractivity contribution in [2.45, 2.75) is 13.5 Å². The van der Waals surface area contributed by atoms with E-state index in [0.29, 0.717) is 49.4 Å². The minimum Gasteiger partial charge on any atom is -0.494 e. The Kier molecular flexibility index (Phi) is 8.28. The topological polar surface area (TPSA) is 89.0 Å². The van der Waals surface area contributed by atoms with Crippen LogP contribution >= 0.6 is 11.3 Å². The number of aromatic nitrogens is 2. The molecule has 2 aromatic heterocycles. The number of morpholine rings is 1. The number of thiazole rings is 1. The average Bonchev–Trinajstić information content (AvgIpc) is 3.28. The third-order valence-corrected chi connectivity index (χ3v) is 6.60. The number of nitrogens with one attached hydrogen (secondary N) is 1. The van der Waals surface area contributed by atoms with Gasteiger partial charge < -0.3 is 19.1 Å². The summed E-state index contributed by atoms with van der Waals surface area (Å²) >= 11 is 1.45. The van der Waals surface area contributed by atoms with E-state index < -0.39 is 0 Å². The highest BCUT2D eigenvalue weighted by Gasteiger charge is 2.20. The number of methoxy groups -OCH3 is 1. The number of hydrogen-bond donors (Lipinski definition) is 1. The monoisotopic (exact) mass is 485 g/mol. The van der Waals surface area contributed by atoms with Crippen molar-refractivity contribution in [1.82, 2.24) is 14.9 Å². The lowest BCUT2D eigenvalue weighted by molar-refractivity contribution is 0.102. The maximum absolute atomic E-state index is 13.0. The summed E-state index contributed by atoms with van der Waals surface area (Å²) in [5, 5.41) is 3.49. The number of ether oxygens (including phenoxy) is 3. The predicted octanol–water partition coefficient (Wildman–Crippen LogP) is 3.26. The van der Waals surface area contributed by atoms with E-state index in [1.165, 1.54) is 11.3 Å². The third kappa shape index (κ3) is 5.82. The van der Waals surface area contributed by atoms with E-state index in [-0.39, 0.29) is 5.91 Å². The third-order valence-electron chi connectivity index (χ3n) is 5.61. The van der Waals surface area contributed by atoms with Gasteiger partial charge in [0, 0.05) is 44.5 Å². The first-order chi connectivity index (χ1) is 16.6. The first-order valence-electron chi connectivity index (χ1n) is 11.4. The van der Waals surface area contributed by atoms with Crippen LogP contribution in [0.25, 0.3) is 10.2 Å². The largest absolute Gasteiger partial charge is 0.494 e. The smallest absolute Gasteiger partial charge is 0.257 e. The molecular weight excluding hydrogens is 454 g/mol. The van der Waals surface area contributed by atoms with Gasteiger partial charge in [-0.05, 0) is 38.2 Å². The van der Waals surface area contributed by atoms with Gasteiger partial charge >= 0.3 is 0 Å². The molecule has 1 aromatic carbocycles. The molecule has 0 atom stereocenters. The van der Waals surface area contributed by atoms with Gasteiger partial charge in [0.1, 0.15) is 11.3 Å². The summed E-state index contributed by atoms with van der Waals surface area (Å²) in [6.45, 7) is 7.81. The van der Waals surface area contributed by atoms with Gasteiger partial charge in [-0.2, -0.15) is 0 Å². The summed E-state index contributed by atoms with van der Waals surface area (Å²) in [5.74, 6) is 0.469. The van der Waals surface area contributed by atoms with Gasteiger partial charge in [-0.1, -0.05) is 11.3 Å². The molecule has 182 valence electrons. The van der Waals surface area contributed by atoms with Crippen molar-refractivity contribution < 1.29 is 19.0 Å². The lowest BCUT2D eigenvalue weighted by atomic mass is 10.2. The molecule has 1 saturated heterocycles. The number of fused-ring (bicyclic) bond motifs is 1. The van der Waals surface area contributed by atoms with Gasteiger partial charge in [0.2, 0.25) is 0 Å². The standard InChI is InChI=1S/C24H31N5O4S/c1-4-32-12-9-28(2)16-18-15-17(7-8-25-18)23(30)27-24-26-21-20(31-3)6-5-19(22(21)34-24)29-10-13-33-14-11-29/h5-8,15H,4,9-14,16H2,1-3H3,(H,26,27,30). The number of amides is 1. The lowest BCUT2D eigenvalue weighted by Crippen LogP contribution is -2.36. The fourth-order valence-corrected chi connectivity index (χ4v) is 4.86. The maximum atomic E-state index is 13.0. The molecule has 1 aliphatic heterocycles. The number of anilines is 2. The van der Waals surface area contributed by atoms with Crippen LogP contribution in [0.5, 0.6) is 5.75 Å². The van der Waals surface area contributed by atoms with Crippen LogP contribution in [0.4, 0.5) is 10.8 Å². The molecule has 1 N–H and O–H groups in total.